The van der Waals surface area contributed by atoms with Gasteiger partial charge in [-0.2, -0.15) is 0 Å². The minimum Gasteiger partial charge on any atom is -0.507 e. The Balaban J connectivity index is 1.80. The van der Waals surface area contributed by atoms with E-state index >= 15 is 0 Å². The molecule has 0 radical (unpaired) electrons. The predicted octanol–water partition coefficient (Wildman–Crippen LogP) is 4.63. The van der Waals surface area contributed by atoms with Gasteiger partial charge in [-0.1, -0.05) is 25.1 Å². The number of pyridine rings is 1. The summed E-state index contributed by atoms with van der Waals surface area (Å²) in [5, 5.41) is 11.0. The van der Waals surface area contributed by atoms with Crippen molar-refractivity contribution >= 4 is 17.4 Å². The Morgan fingerprint density at radius 3 is 2.45 bits per heavy atom. The van der Waals surface area contributed by atoms with Crippen LogP contribution in [0.4, 0.5) is 4.39 Å². The summed E-state index contributed by atoms with van der Waals surface area (Å²) in [4.78, 5) is 31.6. The smallest absolute Gasteiger partial charge is 0.295 e. The second kappa shape index (κ2) is 9.65. The van der Waals surface area contributed by atoms with Crippen LogP contribution in [-0.2, 0) is 16.1 Å². The van der Waals surface area contributed by atoms with Crippen molar-refractivity contribution in [2.75, 3.05) is 6.61 Å². The molecule has 2 aromatic carbocycles. The Morgan fingerprint density at radius 1 is 1.09 bits per heavy atom. The average Bonchev–Trinajstić information content (AvgIpc) is 3.08. The summed E-state index contributed by atoms with van der Waals surface area (Å²) in [6, 6.07) is 15.0. The van der Waals surface area contributed by atoms with Gasteiger partial charge in [-0.3, -0.25) is 14.6 Å². The summed E-state index contributed by atoms with van der Waals surface area (Å²) in [6.45, 7) is 2.72. The largest absolute Gasteiger partial charge is 0.507 e. The zero-order chi connectivity index (χ0) is 23.4. The maximum Gasteiger partial charge on any atom is 0.295 e. The normalized spacial score (nSPS) is 17.4. The molecule has 4 rings (SSSR count). The molecule has 1 aliphatic heterocycles. The molecule has 0 spiro atoms. The van der Waals surface area contributed by atoms with E-state index in [1.54, 1.807) is 42.7 Å². The van der Waals surface area contributed by atoms with Gasteiger partial charge in [0.25, 0.3) is 11.7 Å². The summed E-state index contributed by atoms with van der Waals surface area (Å²) in [5.41, 5.74) is 1.60. The molecule has 0 unspecified atom stereocenters. The van der Waals surface area contributed by atoms with Crippen LogP contribution in [0.15, 0.2) is 78.6 Å². The first-order valence-electron chi connectivity index (χ1n) is 10.7. The number of amides is 1. The minimum atomic E-state index is -0.824. The number of ether oxygens (including phenoxy) is 1. The molecule has 1 fully saturated rings. The fraction of sp³-hybridized carbons (Fsp3) is 0.192. The predicted molar refractivity (Wildman–Crippen MR) is 121 cm³/mol. The van der Waals surface area contributed by atoms with Crippen LogP contribution in [0.25, 0.3) is 5.76 Å². The van der Waals surface area contributed by atoms with Crippen LogP contribution in [0.2, 0.25) is 0 Å². The number of aromatic nitrogens is 1. The lowest BCUT2D eigenvalue weighted by atomic mass is 9.95. The third kappa shape index (κ3) is 4.62. The monoisotopic (exact) mass is 446 g/mol. The van der Waals surface area contributed by atoms with Gasteiger partial charge < -0.3 is 14.7 Å². The van der Waals surface area contributed by atoms with E-state index in [1.165, 1.54) is 29.2 Å². The van der Waals surface area contributed by atoms with Crippen molar-refractivity contribution < 1.29 is 23.8 Å². The van der Waals surface area contributed by atoms with E-state index in [0.717, 1.165) is 12.0 Å². The lowest BCUT2D eigenvalue weighted by Crippen LogP contribution is -2.29. The van der Waals surface area contributed by atoms with Crippen molar-refractivity contribution in [3.63, 3.8) is 0 Å². The van der Waals surface area contributed by atoms with E-state index in [1.807, 2.05) is 13.0 Å². The van der Waals surface area contributed by atoms with Crippen molar-refractivity contribution in [3.8, 4) is 5.75 Å². The lowest BCUT2D eigenvalue weighted by Gasteiger charge is -2.25. The van der Waals surface area contributed by atoms with Crippen LogP contribution in [0.5, 0.6) is 5.75 Å². The zero-order valence-electron chi connectivity index (χ0n) is 18.1. The number of ketones is 1. The van der Waals surface area contributed by atoms with Gasteiger partial charge in [0.1, 0.15) is 17.3 Å². The second-order valence-electron chi connectivity index (χ2n) is 7.71. The first kappa shape index (κ1) is 22.2. The van der Waals surface area contributed by atoms with Gasteiger partial charge in [-0.05, 0) is 60.0 Å². The summed E-state index contributed by atoms with van der Waals surface area (Å²) < 4.78 is 19.0. The molecular weight excluding hydrogens is 423 g/mol. The molecule has 1 aliphatic rings. The molecule has 0 bridgehead atoms. The highest BCUT2D eigenvalue weighted by molar-refractivity contribution is 6.46. The van der Waals surface area contributed by atoms with Crippen molar-refractivity contribution in [2.45, 2.75) is 25.9 Å². The lowest BCUT2D eigenvalue weighted by molar-refractivity contribution is -0.140. The molecule has 2 heterocycles. The van der Waals surface area contributed by atoms with Gasteiger partial charge in [-0.25, -0.2) is 4.39 Å². The first-order chi connectivity index (χ1) is 16.0. The van der Waals surface area contributed by atoms with Crippen LogP contribution in [0.1, 0.15) is 36.1 Å². The van der Waals surface area contributed by atoms with Gasteiger partial charge >= 0.3 is 0 Å². The van der Waals surface area contributed by atoms with Crippen molar-refractivity contribution in [1.29, 1.82) is 0 Å². The number of aliphatic hydroxyl groups excluding tert-OH is 1. The SMILES string of the molecule is CCCOc1ccc([C@H]2C(=C(O)c3ccc(F)cc3)C(=O)C(=O)N2Cc2cccnc2)cc1. The molecule has 1 saturated heterocycles. The molecule has 3 aromatic rings. The Hall–Kier alpha value is -4.00. The van der Waals surface area contributed by atoms with E-state index in [-0.39, 0.29) is 23.4 Å². The summed E-state index contributed by atoms with van der Waals surface area (Å²) in [5.74, 6) is -1.67. The summed E-state index contributed by atoms with van der Waals surface area (Å²) in [7, 11) is 0. The number of hydrogen-bond acceptors (Lipinski definition) is 5. The Bertz CT molecular complexity index is 1180. The van der Waals surface area contributed by atoms with E-state index in [0.29, 0.717) is 17.9 Å². The second-order valence-corrected chi connectivity index (χ2v) is 7.71. The summed E-state index contributed by atoms with van der Waals surface area (Å²) in [6.07, 6.45) is 4.11. The number of rotatable bonds is 7. The standard InChI is InChI=1S/C26H23FN2O4/c1-2-14-33-21-11-7-18(8-12-21)23-22(24(30)19-5-9-20(27)10-6-19)25(31)26(32)29(23)16-17-4-3-13-28-15-17/h3-13,15,23,30H,2,14,16H2,1H3/t23-/m0/s1. The van der Waals surface area contributed by atoms with Crippen molar-refractivity contribution in [2.24, 2.45) is 0 Å². The highest BCUT2D eigenvalue weighted by atomic mass is 19.1. The van der Waals surface area contributed by atoms with Crippen LogP contribution in [0.3, 0.4) is 0 Å². The van der Waals surface area contributed by atoms with Gasteiger partial charge in [0.05, 0.1) is 18.2 Å². The van der Waals surface area contributed by atoms with Gasteiger partial charge in [0.2, 0.25) is 0 Å². The molecule has 0 aliphatic carbocycles. The maximum atomic E-state index is 13.4. The molecule has 1 atom stereocenters. The van der Waals surface area contributed by atoms with Crippen LogP contribution in [0, 0.1) is 5.82 Å². The fourth-order valence-corrected chi connectivity index (χ4v) is 3.81. The Labute approximate surface area is 191 Å². The van der Waals surface area contributed by atoms with E-state index in [2.05, 4.69) is 4.98 Å². The third-order valence-electron chi connectivity index (χ3n) is 5.40. The third-order valence-corrected chi connectivity index (χ3v) is 5.40. The van der Waals surface area contributed by atoms with Gasteiger partial charge in [-0.15, -0.1) is 0 Å². The number of nitrogens with zero attached hydrogens (tertiary/aromatic N) is 2. The Morgan fingerprint density at radius 2 is 1.82 bits per heavy atom. The minimum absolute atomic E-state index is 0.0438. The molecule has 1 N–H and O–H groups in total. The summed E-state index contributed by atoms with van der Waals surface area (Å²) >= 11 is 0. The number of likely N-dealkylation sites (tertiary alicyclic amines) is 1. The molecule has 1 amide bonds. The average molecular weight is 446 g/mol. The molecule has 0 saturated carbocycles. The maximum absolute atomic E-state index is 13.4. The van der Waals surface area contributed by atoms with Gasteiger partial charge in [0.15, 0.2) is 0 Å². The number of carbonyl (C=O) groups excluding carboxylic acids is 2. The molecular formula is C26H23FN2O4. The first-order valence-corrected chi connectivity index (χ1v) is 10.7. The van der Waals surface area contributed by atoms with Crippen LogP contribution >= 0.6 is 0 Å². The van der Waals surface area contributed by atoms with E-state index < -0.39 is 23.5 Å². The molecule has 33 heavy (non-hydrogen) atoms. The fourth-order valence-electron chi connectivity index (χ4n) is 3.81. The van der Waals surface area contributed by atoms with E-state index in [4.69, 9.17) is 4.74 Å². The number of halogens is 1. The number of aliphatic hydroxyl groups is 1. The topological polar surface area (TPSA) is 79.7 Å². The van der Waals surface area contributed by atoms with Gasteiger partial charge in [0, 0.05) is 24.5 Å². The van der Waals surface area contributed by atoms with Crippen LogP contribution in [-0.4, -0.2) is 33.3 Å². The highest BCUT2D eigenvalue weighted by Gasteiger charge is 2.46. The molecule has 1 aromatic heterocycles. The van der Waals surface area contributed by atoms with Crippen molar-refractivity contribution in [1.82, 2.24) is 9.88 Å². The molecule has 7 heteroatoms. The van der Waals surface area contributed by atoms with E-state index in [9.17, 15) is 19.1 Å². The number of benzene rings is 2. The highest BCUT2D eigenvalue weighted by Crippen LogP contribution is 2.40. The van der Waals surface area contributed by atoms with Crippen molar-refractivity contribution in [3.05, 3.63) is 101 Å². The zero-order valence-corrected chi connectivity index (χ0v) is 18.1. The molecule has 6 nitrogen and oxygen atoms in total. The quantitative estimate of drug-likeness (QED) is 0.325. The Kier molecular flexibility index (Phi) is 6.49. The van der Waals surface area contributed by atoms with Crippen LogP contribution < -0.4 is 4.74 Å². The molecule has 168 valence electrons. The number of carbonyl (C=O) groups is 2. The number of Topliss-reactive ketones (excluding diaryl/α,β-unsaturated/α-hetero) is 1. The number of hydrogen-bond donors (Lipinski definition) is 1.